The molecule has 0 aromatic carbocycles. The molecule has 136 valence electrons. The molecule has 23 heavy (non-hydrogen) atoms. The van der Waals surface area contributed by atoms with Crippen LogP contribution in [0.4, 0.5) is 0 Å². The largest absolute Gasteiger partial charge is 0.747 e. The van der Waals surface area contributed by atoms with Gasteiger partial charge in [-0.1, -0.05) is 78.1 Å². The molecule has 0 radical (unpaired) electrons. The SMILES string of the molecule is CCCCCCCCO[P+](=O)O[P+](=O)OCCCCCCCC. The normalized spacial score (nSPS) is 12.4. The van der Waals surface area contributed by atoms with Gasteiger partial charge in [0.2, 0.25) is 0 Å². The molecule has 0 spiro atoms. The van der Waals surface area contributed by atoms with Crippen LogP contribution < -0.4 is 0 Å². The zero-order valence-electron chi connectivity index (χ0n) is 14.8. The van der Waals surface area contributed by atoms with Gasteiger partial charge in [0.1, 0.15) is 13.2 Å². The van der Waals surface area contributed by atoms with Crippen LogP contribution in [0.5, 0.6) is 0 Å². The Morgan fingerprint density at radius 3 is 1.30 bits per heavy atom. The Morgan fingerprint density at radius 2 is 0.913 bits per heavy atom. The predicted octanol–water partition coefficient (Wildman–Crippen LogP) is 7.07. The van der Waals surface area contributed by atoms with Crippen LogP contribution >= 0.6 is 16.5 Å². The molecule has 0 bridgehead atoms. The van der Waals surface area contributed by atoms with Gasteiger partial charge in [-0.3, -0.25) is 0 Å². The van der Waals surface area contributed by atoms with E-state index in [1.165, 1.54) is 51.4 Å². The molecule has 0 aromatic heterocycles. The molecule has 0 aromatic rings. The van der Waals surface area contributed by atoms with Gasteiger partial charge in [-0.05, 0) is 12.8 Å². The summed E-state index contributed by atoms with van der Waals surface area (Å²) in [5.41, 5.74) is 0. The summed E-state index contributed by atoms with van der Waals surface area (Å²) < 4.78 is 37.6. The van der Waals surface area contributed by atoms with Crippen molar-refractivity contribution >= 4 is 16.5 Å². The summed E-state index contributed by atoms with van der Waals surface area (Å²) in [6.07, 6.45) is 13.6. The Morgan fingerprint density at radius 1 is 0.565 bits per heavy atom. The fourth-order valence-corrected chi connectivity index (χ4v) is 3.51. The highest BCUT2D eigenvalue weighted by atomic mass is 31.2. The maximum Gasteiger partial charge on any atom is 0.747 e. The van der Waals surface area contributed by atoms with Crippen molar-refractivity contribution < 1.29 is 22.5 Å². The van der Waals surface area contributed by atoms with E-state index in [0.29, 0.717) is 13.2 Å². The molecule has 2 atom stereocenters. The Labute approximate surface area is 143 Å². The van der Waals surface area contributed by atoms with E-state index in [4.69, 9.17) is 13.4 Å². The molecule has 0 saturated heterocycles. The van der Waals surface area contributed by atoms with Crippen LogP contribution in [0.25, 0.3) is 0 Å². The quantitative estimate of drug-likeness (QED) is 0.191. The van der Waals surface area contributed by atoms with E-state index in [9.17, 15) is 9.13 Å². The lowest BCUT2D eigenvalue weighted by Crippen LogP contribution is -1.90. The Kier molecular flexibility index (Phi) is 18.5. The average Bonchev–Trinajstić information content (AvgIpc) is 2.53. The van der Waals surface area contributed by atoms with Gasteiger partial charge in [0.15, 0.2) is 4.31 Å². The lowest BCUT2D eigenvalue weighted by atomic mass is 10.1. The molecular weight excluding hydrogens is 334 g/mol. The Hall–Kier alpha value is 0.0800. The Balaban J connectivity index is 3.36. The van der Waals surface area contributed by atoms with Crippen molar-refractivity contribution in [3.8, 4) is 0 Å². The van der Waals surface area contributed by atoms with E-state index < -0.39 is 16.5 Å². The number of rotatable bonds is 18. The third-order valence-electron chi connectivity index (χ3n) is 3.52. The van der Waals surface area contributed by atoms with Crippen LogP contribution in [-0.4, -0.2) is 13.2 Å². The minimum atomic E-state index is -2.34. The lowest BCUT2D eigenvalue weighted by Gasteiger charge is -1.96. The molecule has 0 heterocycles. The molecule has 5 nitrogen and oxygen atoms in total. The molecule has 0 N–H and O–H groups in total. The monoisotopic (exact) mass is 368 g/mol. The number of hydrogen-bond acceptors (Lipinski definition) is 5. The topological polar surface area (TPSA) is 61.8 Å². The highest BCUT2D eigenvalue weighted by molar-refractivity contribution is 7.47. The van der Waals surface area contributed by atoms with Crippen molar-refractivity contribution in [2.75, 3.05) is 13.2 Å². The maximum atomic E-state index is 11.4. The first-order valence-electron chi connectivity index (χ1n) is 9.09. The summed E-state index contributed by atoms with van der Waals surface area (Å²) >= 11 is 0. The van der Waals surface area contributed by atoms with Crippen LogP contribution in [0.1, 0.15) is 90.9 Å². The minimum absolute atomic E-state index is 0.377. The van der Waals surface area contributed by atoms with Gasteiger partial charge in [0.25, 0.3) is 0 Å². The summed E-state index contributed by atoms with van der Waals surface area (Å²) in [4.78, 5) is 0. The Bertz CT molecular complexity index is 272. The van der Waals surface area contributed by atoms with Crippen LogP contribution in [-0.2, 0) is 22.5 Å². The van der Waals surface area contributed by atoms with Crippen molar-refractivity contribution in [2.45, 2.75) is 90.9 Å². The highest BCUT2D eigenvalue weighted by Gasteiger charge is 2.39. The first-order valence-corrected chi connectivity index (χ1v) is 11.3. The summed E-state index contributed by atoms with van der Waals surface area (Å²) in [7, 11) is -4.68. The third-order valence-corrected chi connectivity index (χ3v) is 5.38. The zero-order valence-corrected chi connectivity index (χ0v) is 16.6. The summed E-state index contributed by atoms with van der Waals surface area (Å²) in [5.74, 6) is 0. The first-order chi connectivity index (χ1) is 11.2. The van der Waals surface area contributed by atoms with E-state index in [-0.39, 0.29) is 0 Å². The van der Waals surface area contributed by atoms with E-state index in [1.54, 1.807) is 0 Å². The second-order valence-corrected chi connectivity index (χ2v) is 7.79. The van der Waals surface area contributed by atoms with Gasteiger partial charge in [-0.2, -0.15) is 0 Å². The zero-order chi connectivity index (χ0) is 17.2. The van der Waals surface area contributed by atoms with Gasteiger partial charge in [0.05, 0.1) is 0 Å². The highest BCUT2D eigenvalue weighted by Crippen LogP contribution is 2.39. The standard InChI is InChI=1S/C16H34O5P2/c1-3-5-7-9-11-13-15-19-22(17)21-23(18)20-16-14-12-10-8-6-4-2/h3-16H2,1-2H3/q+2. The molecule has 0 aliphatic carbocycles. The van der Waals surface area contributed by atoms with Crippen LogP contribution in [0.2, 0.25) is 0 Å². The second-order valence-electron chi connectivity index (χ2n) is 5.73. The van der Waals surface area contributed by atoms with E-state index >= 15 is 0 Å². The summed E-state index contributed by atoms with van der Waals surface area (Å²) in [5, 5.41) is 0. The van der Waals surface area contributed by atoms with Gasteiger partial charge < -0.3 is 0 Å². The van der Waals surface area contributed by atoms with Crippen molar-refractivity contribution in [1.82, 2.24) is 0 Å². The summed E-state index contributed by atoms with van der Waals surface area (Å²) in [6, 6.07) is 0. The van der Waals surface area contributed by atoms with Gasteiger partial charge in [0, 0.05) is 9.13 Å². The molecule has 7 heteroatoms. The first kappa shape index (κ1) is 23.1. The molecule has 0 aliphatic heterocycles. The predicted molar refractivity (Wildman–Crippen MR) is 95.0 cm³/mol. The van der Waals surface area contributed by atoms with E-state index in [1.807, 2.05) is 0 Å². The van der Waals surface area contributed by atoms with E-state index in [2.05, 4.69) is 13.8 Å². The molecular formula is C16H34O5P2+2. The van der Waals surface area contributed by atoms with Crippen LogP contribution in [0.3, 0.4) is 0 Å². The molecule has 0 saturated carbocycles. The molecule has 0 aliphatic rings. The summed E-state index contributed by atoms with van der Waals surface area (Å²) in [6.45, 7) is 5.12. The molecule has 0 amide bonds. The average molecular weight is 368 g/mol. The maximum absolute atomic E-state index is 11.4. The van der Waals surface area contributed by atoms with E-state index in [0.717, 1.165) is 25.7 Å². The number of unbranched alkanes of at least 4 members (excludes halogenated alkanes) is 10. The minimum Gasteiger partial charge on any atom is -0.116 e. The molecule has 0 fully saturated rings. The van der Waals surface area contributed by atoms with Crippen molar-refractivity contribution in [3.05, 3.63) is 0 Å². The van der Waals surface area contributed by atoms with Crippen molar-refractivity contribution in [3.63, 3.8) is 0 Å². The fraction of sp³-hybridized carbons (Fsp3) is 1.00. The molecule has 0 rings (SSSR count). The van der Waals surface area contributed by atoms with Crippen LogP contribution in [0, 0.1) is 0 Å². The molecule has 2 unspecified atom stereocenters. The fourth-order valence-electron chi connectivity index (χ4n) is 2.14. The van der Waals surface area contributed by atoms with Crippen molar-refractivity contribution in [1.29, 1.82) is 0 Å². The van der Waals surface area contributed by atoms with Crippen LogP contribution in [0.15, 0.2) is 0 Å². The lowest BCUT2D eigenvalue weighted by molar-refractivity contribution is 0.246. The second kappa shape index (κ2) is 18.4. The van der Waals surface area contributed by atoms with Gasteiger partial charge in [-0.15, -0.1) is 9.05 Å². The van der Waals surface area contributed by atoms with Gasteiger partial charge >= 0.3 is 16.5 Å². The third kappa shape index (κ3) is 18.3. The number of hydrogen-bond donors (Lipinski definition) is 0. The smallest absolute Gasteiger partial charge is 0.116 e. The van der Waals surface area contributed by atoms with Gasteiger partial charge in [-0.25, -0.2) is 0 Å². The van der Waals surface area contributed by atoms with Crippen molar-refractivity contribution in [2.24, 2.45) is 0 Å².